The molecule has 180 valence electrons. The smallest absolute Gasteiger partial charge is 0.276 e. The average molecular weight is 466 g/mol. The van der Waals surface area contributed by atoms with Crippen molar-refractivity contribution in [3.05, 3.63) is 42.0 Å². The molecule has 5 aliphatic heterocycles. The van der Waals surface area contributed by atoms with Gasteiger partial charge < -0.3 is 25.2 Å². The number of nitrogens with one attached hydrogen (secondary N) is 1. The van der Waals surface area contributed by atoms with Crippen LogP contribution in [0.25, 0.3) is 6.08 Å². The number of nitrogens with zero attached hydrogens (tertiary/aromatic N) is 2. The second kappa shape index (κ2) is 6.04. The van der Waals surface area contributed by atoms with Gasteiger partial charge >= 0.3 is 0 Å². The second-order valence-corrected chi connectivity index (χ2v) is 11.4. The van der Waals surface area contributed by atoms with E-state index >= 15 is 0 Å². The summed E-state index contributed by atoms with van der Waals surface area (Å²) < 4.78 is 6.15. The molecule has 34 heavy (non-hydrogen) atoms. The van der Waals surface area contributed by atoms with Gasteiger partial charge in [-0.3, -0.25) is 14.5 Å². The van der Waals surface area contributed by atoms with Crippen molar-refractivity contribution in [2.75, 3.05) is 11.9 Å². The third kappa shape index (κ3) is 2.17. The Morgan fingerprint density at radius 2 is 2.00 bits per heavy atom. The zero-order chi connectivity index (χ0) is 24.5. The predicted octanol–water partition coefficient (Wildman–Crippen LogP) is 2.32. The van der Waals surface area contributed by atoms with Crippen LogP contribution in [-0.4, -0.2) is 61.4 Å². The Morgan fingerprint density at radius 3 is 2.71 bits per heavy atom. The number of hydrogen-bond donors (Lipinski definition) is 3. The Balaban J connectivity index is 1.62. The average Bonchev–Trinajstić information content (AvgIpc) is 3.39. The van der Waals surface area contributed by atoms with E-state index in [4.69, 9.17) is 4.74 Å². The molecule has 5 heterocycles. The van der Waals surface area contributed by atoms with Gasteiger partial charge in [0.1, 0.15) is 23.0 Å². The zero-order valence-electron chi connectivity index (χ0n) is 20.0. The van der Waals surface area contributed by atoms with Gasteiger partial charge in [0, 0.05) is 29.5 Å². The fourth-order valence-electron chi connectivity index (χ4n) is 6.89. The Labute approximate surface area is 198 Å². The van der Waals surface area contributed by atoms with Crippen LogP contribution < -0.4 is 10.1 Å². The van der Waals surface area contributed by atoms with Crippen LogP contribution in [0.15, 0.2) is 30.9 Å². The molecule has 8 nitrogen and oxygen atoms in total. The Hall–Kier alpha value is -2.84. The number of aliphatic hydroxyl groups is 2. The number of rotatable bonds is 2. The van der Waals surface area contributed by atoms with Crippen molar-refractivity contribution in [1.29, 1.82) is 0 Å². The molecule has 0 unspecified atom stereocenters. The molecular formula is C26H31N3O5. The molecular weight excluding hydrogens is 434 g/mol. The van der Waals surface area contributed by atoms with Crippen LogP contribution in [0.4, 0.5) is 5.69 Å². The number of anilines is 1. The van der Waals surface area contributed by atoms with Gasteiger partial charge in [-0.1, -0.05) is 26.0 Å². The number of carbonyl (C=O) groups excluding carboxylic acids is 2. The molecule has 5 aliphatic rings. The molecule has 4 atom stereocenters. The number of piperazine rings is 1. The van der Waals surface area contributed by atoms with Crippen molar-refractivity contribution >= 4 is 23.6 Å². The number of hydrogen-bond acceptors (Lipinski definition) is 6. The predicted molar refractivity (Wildman–Crippen MR) is 126 cm³/mol. The van der Waals surface area contributed by atoms with Gasteiger partial charge in [-0.2, -0.15) is 0 Å². The summed E-state index contributed by atoms with van der Waals surface area (Å²) in [6, 6.07) is 2.94. The lowest BCUT2D eigenvalue weighted by Crippen LogP contribution is -2.76. The lowest BCUT2D eigenvalue weighted by atomic mass is 9.68. The van der Waals surface area contributed by atoms with E-state index in [2.05, 4.69) is 11.9 Å². The minimum Gasteiger partial charge on any atom is -0.483 e. The lowest BCUT2D eigenvalue weighted by Gasteiger charge is -2.55. The van der Waals surface area contributed by atoms with Crippen molar-refractivity contribution in [3.63, 3.8) is 0 Å². The van der Waals surface area contributed by atoms with E-state index in [-0.39, 0.29) is 12.3 Å². The van der Waals surface area contributed by atoms with Crippen LogP contribution >= 0.6 is 0 Å². The number of benzene rings is 1. The molecule has 0 aromatic heterocycles. The van der Waals surface area contributed by atoms with Crippen LogP contribution in [0.5, 0.6) is 5.75 Å². The van der Waals surface area contributed by atoms with E-state index in [1.165, 1.54) is 9.80 Å². The van der Waals surface area contributed by atoms with Crippen LogP contribution in [0, 0.1) is 5.41 Å². The monoisotopic (exact) mass is 465 g/mol. The molecule has 1 aromatic carbocycles. The van der Waals surface area contributed by atoms with Gasteiger partial charge in [0.2, 0.25) is 11.6 Å². The van der Waals surface area contributed by atoms with Gasteiger partial charge in [-0.05, 0) is 44.9 Å². The van der Waals surface area contributed by atoms with E-state index in [1.807, 2.05) is 39.8 Å². The first-order valence-electron chi connectivity index (χ1n) is 11.9. The molecule has 6 rings (SSSR count). The largest absolute Gasteiger partial charge is 0.483 e. The van der Waals surface area contributed by atoms with Gasteiger partial charge in [0.05, 0.1) is 5.69 Å². The highest BCUT2D eigenvalue weighted by molar-refractivity contribution is 6.02. The van der Waals surface area contributed by atoms with Crippen LogP contribution in [-0.2, 0) is 15.2 Å². The maximum absolute atomic E-state index is 14.0. The first-order chi connectivity index (χ1) is 15.8. The molecule has 2 amide bonds. The molecule has 0 bridgehead atoms. The summed E-state index contributed by atoms with van der Waals surface area (Å²) in [5.41, 5.74) is -4.94. The Kier molecular flexibility index (Phi) is 3.85. The van der Waals surface area contributed by atoms with E-state index in [9.17, 15) is 19.8 Å². The first-order valence-corrected chi connectivity index (χ1v) is 11.9. The maximum atomic E-state index is 14.0. The quantitative estimate of drug-likeness (QED) is 0.580. The third-order valence-corrected chi connectivity index (χ3v) is 8.59. The standard InChI is InChI=1S/C26H31N3O5/c1-6-22(2,3)26-24(32,14-25(33)21(31)28-13-7-8-17(28)20(30)29(25)26)16-9-10-18-15(19(16)27-26)11-12-23(4,5)34-18/h6,9-12,17,27,32-33H,1,7-8,13-14H2,2-5H3/t17-,24+,25-,26-/m0/s1. The number of amides is 2. The third-order valence-electron chi connectivity index (χ3n) is 8.59. The Bertz CT molecular complexity index is 1210. The van der Waals surface area contributed by atoms with E-state index in [1.54, 1.807) is 18.2 Å². The Morgan fingerprint density at radius 1 is 1.26 bits per heavy atom. The normalized spacial score (nSPS) is 36.8. The summed E-state index contributed by atoms with van der Waals surface area (Å²) in [7, 11) is 0. The van der Waals surface area contributed by atoms with Crippen LogP contribution in [0.3, 0.4) is 0 Å². The highest BCUT2D eigenvalue weighted by Gasteiger charge is 2.81. The molecule has 0 aliphatic carbocycles. The number of carbonyl (C=O) groups is 2. The van der Waals surface area contributed by atoms with E-state index in [0.29, 0.717) is 36.4 Å². The summed E-state index contributed by atoms with van der Waals surface area (Å²) in [4.78, 5) is 30.3. The summed E-state index contributed by atoms with van der Waals surface area (Å²) in [6.45, 7) is 12.1. The van der Waals surface area contributed by atoms with E-state index < -0.39 is 40.0 Å². The van der Waals surface area contributed by atoms with Gasteiger partial charge in [-0.15, -0.1) is 6.58 Å². The second-order valence-electron chi connectivity index (χ2n) is 11.4. The summed E-state index contributed by atoms with van der Waals surface area (Å²) in [5.74, 6) is -0.220. The SMILES string of the molecule is C=CC(C)(C)[C@@]12Nc3c(ccc4c3C=CC(C)(C)O4)[C@]1(O)C[C@]1(O)C(=O)N3CCC[C@H]3C(=O)N21. The van der Waals surface area contributed by atoms with Crippen molar-refractivity contribution in [2.24, 2.45) is 5.41 Å². The maximum Gasteiger partial charge on any atom is 0.276 e. The first kappa shape index (κ1) is 21.7. The molecule has 1 aromatic rings. The highest BCUT2D eigenvalue weighted by Crippen LogP contribution is 2.67. The van der Waals surface area contributed by atoms with Crippen molar-refractivity contribution in [2.45, 2.75) is 75.6 Å². The molecule has 3 N–H and O–H groups in total. The molecule has 3 fully saturated rings. The minimum atomic E-state index is -2.16. The number of fused-ring (bicyclic) bond motifs is 8. The van der Waals surface area contributed by atoms with Crippen LogP contribution in [0.1, 0.15) is 58.1 Å². The summed E-state index contributed by atoms with van der Waals surface area (Å²) in [5, 5.41) is 27.8. The number of ether oxygens (including phenoxy) is 1. The summed E-state index contributed by atoms with van der Waals surface area (Å²) >= 11 is 0. The minimum absolute atomic E-state index is 0.333. The van der Waals surface area contributed by atoms with Gasteiger partial charge in [-0.25, -0.2) is 0 Å². The fourth-order valence-corrected chi connectivity index (χ4v) is 6.89. The van der Waals surface area contributed by atoms with Gasteiger partial charge in [0.15, 0.2) is 5.66 Å². The molecule has 0 spiro atoms. The molecule has 3 saturated heterocycles. The molecule has 0 radical (unpaired) electrons. The zero-order valence-corrected chi connectivity index (χ0v) is 20.0. The van der Waals surface area contributed by atoms with E-state index in [0.717, 1.165) is 5.56 Å². The highest BCUT2D eigenvalue weighted by atomic mass is 16.5. The van der Waals surface area contributed by atoms with Crippen LogP contribution in [0.2, 0.25) is 0 Å². The van der Waals surface area contributed by atoms with Crippen molar-refractivity contribution in [3.8, 4) is 5.75 Å². The summed E-state index contributed by atoms with van der Waals surface area (Å²) in [6.07, 6.45) is 6.48. The fraction of sp³-hybridized carbons (Fsp3) is 0.538. The van der Waals surface area contributed by atoms with Gasteiger partial charge in [0.25, 0.3) is 5.91 Å². The van der Waals surface area contributed by atoms with Crippen molar-refractivity contribution in [1.82, 2.24) is 9.80 Å². The molecule has 8 heteroatoms. The van der Waals surface area contributed by atoms with Crippen molar-refractivity contribution < 1.29 is 24.5 Å². The lowest BCUT2D eigenvalue weighted by molar-refractivity contribution is -0.204. The molecule has 0 saturated carbocycles. The topological polar surface area (TPSA) is 102 Å².